The smallest absolute Gasteiger partial charge is 0.301 e. The van der Waals surface area contributed by atoms with E-state index in [1.807, 2.05) is 18.2 Å². The molecule has 0 radical (unpaired) electrons. The Labute approximate surface area is 218 Å². The van der Waals surface area contributed by atoms with Crippen molar-refractivity contribution in [2.45, 2.75) is 16.1 Å². The number of benzene rings is 2. The molecule has 5 rings (SSSR count). The number of nitrogens with zero attached hydrogens (tertiary/aromatic N) is 4. The van der Waals surface area contributed by atoms with Gasteiger partial charge in [-0.1, -0.05) is 71.1 Å². The van der Waals surface area contributed by atoms with Crippen LogP contribution in [-0.4, -0.2) is 32.0 Å². The van der Waals surface area contributed by atoms with Gasteiger partial charge in [-0.05, 0) is 29.8 Å². The molecule has 0 aliphatic carbocycles. The van der Waals surface area contributed by atoms with Crippen LogP contribution in [0.5, 0.6) is 0 Å². The minimum absolute atomic E-state index is 0.0489. The fourth-order valence-electron chi connectivity index (χ4n) is 3.80. The number of aliphatic hydroxyl groups excluding tert-OH is 1. The standard InChI is InChI=1S/C25H16ClFN4O3S2/c26-17-7-3-1-5-15(17)13-35-25-30-29-24(36-25)31-20(16-6-2-4-8-18(16)27)19(22(33)23(31)34)21(32)14-9-11-28-12-10-14/h1-12,20,32H,13H2. The number of halogens is 2. The fourth-order valence-corrected chi connectivity index (χ4v) is 5.95. The molecule has 3 heterocycles. The Morgan fingerprint density at radius 2 is 1.78 bits per heavy atom. The monoisotopic (exact) mass is 538 g/mol. The van der Waals surface area contributed by atoms with E-state index in [0.717, 1.165) is 21.8 Å². The average molecular weight is 539 g/mol. The molecule has 1 unspecified atom stereocenters. The van der Waals surface area contributed by atoms with Gasteiger partial charge in [0.1, 0.15) is 17.6 Å². The molecule has 7 nitrogen and oxygen atoms in total. The molecule has 1 aliphatic heterocycles. The molecule has 1 atom stereocenters. The van der Waals surface area contributed by atoms with E-state index >= 15 is 0 Å². The Bertz CT molecular complexity index is 1500. The summed E-state index contributed by atoms with van der Waals surface area (Å²) in [5, 5.41) is 20.0. The van der Waals surface area contributed by atoms with Gasteiger partial charge in [0, 0.05) is 34.3 Å². The number of aromatic nitrogens is 3. The lowest BCUT2D eigenvalue weighted by atomic mass is 9.95. The minimum Gasteiger partial charge on any atom is -0.507 e. The second kappa shape index (κ2) is 10.2. The average Bonchev–Trinajstić information content (AvgIpc) is 3.46. The summed E-state index contributed by atoms with van der Waals surface area (Å²) in [7, 11) is 0. The van der Waals surface area contributed by atoms with Gasteiger partial charge < -0.3 is 5.11 Å². The Balaban J connectivity index is 1.55. The van der Waals surface area contributed by atoms with Gasteiger partial charge >= 0.3 is 5.91 Å². The zero-order valence-electron chi connectivity index (χ0n) is 18.3. The Morgan fingerprint density at radius 3 is 2.53 bits per heavy atom. The van der Waals surface area contributed by atoms with Crippen molar-refractivity contribution >= 4 is 57.3 Å². The summed E-state index contributed by atoms with van der Waals surface area (Å²) in [6, 6.07) is 15.0. The number of aliphatic hydroxyl groups is 1. The number of pyridine rings is 1. The maximum atomic E-state index is 15.0. The molecule has 2 aromatic carbocycles. The van der Waals surface area contributed by atoms with E-state index in [1.165, 1.54) is 54.5 Å². The molecule has 1 amide bonds. The second-order valence-electron chi connectivity index (χ2n) is 7.66. The van der Waals surface area contributed by atoms with E-state index in [2.05, 4.69) is 15.2 Å². The highest BCUT2D eigenvalue weighted by Gasteiger charge is 2.49. The molecule has 0 spiro atoms. The number of thioether (sulfide) groups is 1. The lowest BCUT2D eigenvalue weighted by Crippen LogP contribution is -2.29. The number of hydrogen-bond acceptors (Lipinski definition) is 8. The van der Waals surface area contributed by atoms with Gasteiger partial charge in [0.15, 0.2) is 4.34 Å². The number of carbonyl (C=O) groups is 2. The van der Waals surface area contributed by atoms with Crippen LogP contribution in [0.3, 0.4) is 0 Å². The Hall–Kier alpha value is -3.60. The summed E-state index contributed by atoms with van der Waals surface area (Å²) in [5.74, 6) is -2.42. The van der Waals surface area contributed by atoms with Crippen LogP contribution in [0.1, 0.15) is 22.7 Å². The molecule has 0 bridgehead atoms. The molecule has 11 heteroatoms. The summed E-state index contributed by atoms with van der Waals surface area (Å²) < 4.78 is 15.5. The van der Waals surface area contributed by atoms with E-state index in [-0.39, 0.29) is 21.8 Å². The SMILES string of the molecule is O=C1C(=O)N(c2nnc(SCc3ccccc3Cl)s2)C(c2ccccc2F)C1=C(O)c1ccncc1. The molecule has 180 valence electrons. The van der Waals surface area contributed by atoms with E-state index in [4.69, 9.17) is 11.6 Å². The van der Waals surface area contributed by atoms with E-state index in [1.54, 1.807) is 12.1 Å². The van der Waals surface area contributed by atoms with Gasteiger partial charge in [-0.25, -0.2) is 4.39 Å². The van der Waals surface area contributed by atoms with Crippen LogP contribution in [0.25, 0.3) is 5.76 Å². The quantitative estimate of drug-likeness (QED) is 0.111. The topological polar surface area (TPSA) is 96.3 Å². The third-order valence-electron chi connectivity index (χ3n) is 5.51. The first-order valence-electron chi connectivity index (χ1n) is 10.6. The van der Waals surface area contributed by atoms with Crippen LogP contribution in [0, 0.1) is 5.82 Å². The summed E-state index contributed by atoms with van der Waals surface area (Å²) in [6.45, 7) is 0. The van der Waals surface area contributed by atoms with Crippen molar-refractivity contribution in [3.63, 3.8) is 0 Å². The van der Waals surface area contributed by atoms with Gasteiger partial charge in [-0.2, -0.15) is 0 Å². The second-order valence-corrected chi connectivity index (χ2v) is 10.2. The third kappa shape index (κ3) is 4.50. The van der Waals surface area contributed by atoms with E-state index in [9.17, 15) is 19.1 Å². The molecule has 1 fully saturated rings. The molecule has 2 aromatic heterocycles. The first-order chi connectivity index (χ1) is 17.5. The number of Topliss-reactive ketones (excluding diaryl/α,β-unsaturated/α-hetero) is 1. The minimum atomic E-state index is -1.23. The van der Waals surface area contributed by atoms with Crippen LogP contribution < -0.4 is 4.90 Å². The van der Waals surface area contributed by atoms with E-state index in [0.29, 0.717) is 15.1 Å². The van der Waals surface area contributed by atoms with Crippen molar-refractivity contribution in [2.75, 3.05) is 4.90 Å². The van der Waals surface area contributed by atoms with Gasteiger partial charge in [-0.15, -0.1) is 10.2 Å². The van der Waals surface area contributed by atoms with Crippen LogP contribution in [0.2, 0.25) is 5.02 Å². The first-order valence-corrected chi connectivity index (χ1v) is 12.8. The molecular formula is C25H16ClFN4O3S2. The summed E-state index contributed by atoms with van der Waals surface area (Å²) >= 11 is 8.69. The number of anilines is 1. The molecular weight excluding hydrogens is 523 g/mol. The number of rotatable bonds is 6. The van der Waals surface area contributed by atoms with Crippen molar-refractivity contribution < 1.29 is 19.1 Å². The van der Waals surface area contributed by atoms with Crippen LogP contribution in [0.15, 0.2) is 83.0 Å². The number of amides is 1. The predicted molar refractivity (Wildman–Crippen MR) is 136 cm³/mol. The Morgan fingerprint density at radius 1 is 1.06 bits per heavy atom. The highest BCUT2D eigenvalue weighted by molar-refractivity contribution is 8.00. The first kappa shape index (κ1) is 24.1. The third-order valence-corrected chi connectivity index (χ3v) is 7.98. The zero-order chi connectivity index (χ0) is 25.2. The van der Waals surface area contributed by atoms with Gasteiger partial charge in [-0.3, -0.25) is 19.5 Å². The maximum absolute atomic E-state index is 15.0. The number of carbonyl (C=O) groups excluding carboxylic acids is 2. The lowest BCUT2D eigenvalue weighted by Gasteiger charge is -2.22. The van der Waals surface area contributed by atoms with Gasteiger partial charge in [0.2, 0.25) is 5.13 Å². The molecule has 0 saturated carbocycles. The van der Waals surface area contributed by atoms with E-state index < -0.39 is 29.3 Å². The largest absolute Gasteiger partial charge is 0.507 e. The van der Waals surface area contributed by atoms with Crippen molar-refractivity contribution in [1.29, 1.82) is 0 Å². The zero-order valence-corrected chi connectivity index (χ0v) is 20.7. The summed E-state index contributed by atoms with van der Waals surface area (Å²) in [5.41, 5.74) is 0.993. The maximum Gasteiger partial charge on any atom is 0.301 e. The molecule has 36 heavy (non-hydrogen) atoms. The molecule has 1 saturated heterocycles. The lowest BCUT2D eigenvalue weighted by molar-refractivity contribution is -0.132. The predicted octanol–water partition coefficient (Wildman–Crippen LogP) is 5.64. The summed E-state index contributed by atoms with van der Waals surface area (Å²) in [6.07, 6.45) is 2.88. The molecule has 4 aromatic rings. The van der Waals surface area contributed by atoms with Crippen molar-refractivity contribution in [1.82, 2.24) is 15.2 Å². The van der Waals surface area contributed by atoms with Crippen molar-refractivity contribution in [3.05, 3.63) is 106 Å². The number of hydrogen-bond donors (Lipinski definition) is 1. The molecule has 1 N–H and O–H groups in total. The highest BCUT2D eigenvalue weighted by atomic mass is 35.5. The van der Waals surface area contributed by atoms with Crippen molar-refractivity contribution in [2.24, 2.45) is 0 Å². The highest BCUT2D eigenvalue weighted by Crippen LogP contribution is 2.44. The normalized spacial score (nSPS) is 17.1. The van der Waals surface area contributed by atoms with Crippen LogP contribution in [-0.2, 0) is 15.3 Å². The fraction of sp³-hybridized carbons (Fsp3) is 0.0800. The van der Waals surface area contributed by atoms with Crippen LogP contribution >= 0.6 is 34.7 Å². The van der Waals surface area contributed by atoms with Gasteiger partial charge in [0.05, 0.1) is 5.57 Å². The molecule has 1 aliphatic rings. The van der Waals surface area contributed by atoms with Crippen LogP contribution in [0.4, 0.5) is 9.52 Å². The number of ketones is 1. The van der Waals surface area contributed by atoms with Crippen molar-refractivity contribution in [3.8, 4) is 0 Å². The Kier molecular flexibility index (Phi) is 6.82. The summed E-state index contributed by atoms with van der Waals surface area (Å²) in [4.78, 5) is 31.3. The van der Waals surface area contributed by atoms with Gasteiger partial charge in [0.25, 0.3) is 5.78 Å².